The standard InChI is InChI=1S/C15H23FN2O3S/c1-5-11(3)17-15(19)14(6-2)18(22(4,20)21)13-9-7-12(16)8-10-13/h7-11,14H,5-6H2,1-4H3,(H,17,19)/t11-,14-/m0/s1. The van der Waals surface area contributed by atoms with Gasteiger partial charge in [-0.2, -0.15) is 0 Å². The van der Waals surface area contributed by atoms with E-state index in [1.807, 2.05) is 13.8 Å². The van der Waals surface area contributed by atoms with Crippen LogP contribution >= 0.6 is 0 Å². The van der Waals surface area contributed by atoms with Gasteiger partial charge in [-0.05, 0) is 44.0 Å². The molecule has 0 saturated heterocycles. The van der Waals surface area contributed by atoms with E-state index in [1.165, 1.54) is 24.3 Å². The van der Waals surface area contributed by atoms with E-state index in [0.717, 1.165) is 17.0 Å². The van der Waals surface area contributed by atoms with Gasteiger partial charge in [0.2, 0.25) is 15.9 Å². The number of carbonyl (C=O) groups is 1. The third kappa shape index (κ3) is 4.69. The Bertz CT molecular complexity index is 602. The number of nitrogens with one attached hydrogen (secondary N) is 1. The topological polar surface area (TPSA) is 66.5 Å². The molecule has 22 heavy (non-hydrogen) atoms. The zero-order valence-corrected chi connectivity index (χ0v) is 14.2. The number of amides is 1. The predicted octanol–water partition coefficient (Wildman–Crippen LogP) is 2.29. The van der Waals surface area contributed by atoms with Gasteiger partial charge in [-0.1, -0.05) is 13.8 Å². The van der Waals surface area contributed by atoms with Crippen LogP contribution in [0.5, 0.6) is 0 Å². The van der Waals surface area contributed by atoms with Crippen LogP contribution < -0.4 is 9.62 Å². The first-order valence-corrected chi connectivity index (χ1v) is 9.10. The lowest BCUT2D eigenvalue weighted by Crippen LogP contribution is -2.51. The van der Waals surface area contributed by atoms with E-state index in [9.17, 15) is 17.6 Å². The fourth-order valence-corrected chi connectivity index (χ4v) is 3.30. The van der Waals surface area contributed by atoms with Crippen LogP contribution in [0.1, 0.15) is 33.6 Å². The SMILES string of the molecule is CC[C@H](C)NC(=O)[C@H](CC)N(c1ccc(F)cc1)S(C)(=O)=O. The number of sulfonamides is 1. The third-order valence-electron chi connectivity index (χ3n) is 3.41. The van der Waals surface area contributed by atoms with Crippen molar-refractivity contribution in [3.05, 3.63) is 30.1 Å². The number of nitrogens with zero attached hydrogens (tertiary/aromatic N) is 1. The van der Waals surface area contributed by atoms with E-state index in [2.05, 4.69) is 5.32 Å². The minimum Gasteiger partial charge on any atom is -0.352 e. The van der Waals surface area contributed by atoms with Crippen LogP contribution in [0, 0.1) is 5.82 Å². The molecule has 0 radical (unpaired) electrons. The van der Waals surface area contributed by atoms with Gasteiger partial charge in [0, 0.05) is 6.04 Å². The van der Waals surface area contributed by atoms with Crippen LogP contribution in [0.25, 0.3) is 0 Å². The molecule has 7 heteroatoms. The van der Waals surface area contributed by atoms with Gasteiger partial charge in [0.25, 0.3) is 0 Å². The Balaban J connectivity index is 3.19. The molecule has 2 atom stereocenters. The highest BCUT2D eigenvalue weighted by molar-refractivity contribution is 7.92. The molecule has 0 heterocycles. The van der Waals surface area contributed by atoms with E-state index >= 15 is 0 Å². The maximum absolute atomic E-state index is 13.1. The molecule has 0 aliphatic carbocycles. The molecule has 0 unspecified atom stereocenters. The highest BCUT2D eigenvalue weighted by Crippen LogP contribution is 2.22. The predicted molar refractivity (Wildman–Crippen MR) is 85.7 cm³/mol. The number of benzene rings is 1. The van der Waals surface area contributed by atoms with Crippen molar-refractivity contribution < 1.29 is 17.6 Å². The van der Waals surface area contributed by atoms with E-state index in [1.54, 1.807) is 6.92 Å². The average Bonchev–Trinajstić information content (AvgIpc) is 2.44. The summed E-state index contributed by atoms with van der Waals surface area (Å²) in [4.78, 5) is 12.4. The highest BCUT2D eigenvalue weighted by Gasteiger charge is 2.31. The third-order valence-corrected chi connectivity index (χ3v) is 4.59. The second kappa shape index (κ2) is 7.58. The van der Waals surface area contributed by atoms with Gasteiger partial charge < -0.3 is 5.32 Å². The molecule has 0 fully saturated rings. The monoisotopic (exact) mass is 330 g/mol. The van der Waals surface area contributed by atoms with Crippen molar-refractivity contribution in [1.29, 1.82) is 0 Å². The Morgan fingerprint density at radius 3 is 2.18 bits per heavy atom. The Morgan fingerprint density at radius 1 is 1.23 bits per heavy atom. The van der Waals surface area contributed by atoms with Gasteiger partial charge in [-0.3, -0.25) is 9.10 Å². The summed E-state index contributed by atoms with van der Waals surface area (Å²) in [5, 5.41) is 2.80. The summed E-state index contributed by atoms with van der Waals surface area (Å²) >= 11 is 0. The van der Waals surface area contributed by atoms with E-state index in [0.29, 0.717) is 6.42 Å². The van der Waals surface area contributed by atoms with Crippen molar-refractivity contribution >= 4 is 21.6 Å². The molecule has 1 aromatic carbocycles. The average molecular weight is 330 g/mol. The van der Waals surface area contributed by atoms with Gasteiger partial charge in [0.05, 0.1) is 11.9 Å². The number of anilines is 1. The number of hydrogen-bond donors (Lipinski definition) is 1. The lowest BCUT2D eigenvalue weighted by Gasteiger charge is -2.30. The maximum Gasteiger partial charge on any atom is 0.244 e. The zero-order valence-electron chi connectivity index (χ0n) is 13.3. The number of rotatable bonds is 7. The molecule has 1 rings (SSSR count). The summed E-state index contributed by atoms with van der Waals surface area (Å²) in [5.74, 6) is -0.819. The number of carbonyl (C=O) groups excluding carboxylic acids is 1. The van der Waals surface area contributed by atoms with E-state index in [-0.39, 0.29) is 17.6 Å². The number of halogens is 1. The van der Waals surface area contributed by atoms with Crippen LogP contribution in [0.2, 0.25) is 0 Å². The molecule has 1 amide bonds. The summed E-state index contributed by atoms with van der Waals surface area (Å²) in [6.07, 6.45) is 2.10. The molecule has 5 nitrogen and oxygen atoms in total. The van der Waals surface area contributed by atoms with Crippen LogP contribution in [0.4, 0.5) is 10.1 Å². The summed E-state index contributed by atoms with van der Waals surface area (Å²) < 4.78 is 38.4. The Hall–Kier alpha value is -1.63. The first-order chi connectivity index (χ1) is 10.2. The molecule has 0 aromatic heterocycles. The second-order valence-electron chi connectivity index (χ2n) is 5.28. The molecule has 0 saturated carbocycles. The maximum atomic E-state index is 13.1. The van der Waals surface area contributed by atoms with E-state index < -0.39 is 21.9 Å². The lowest BCUT2D eigenvalue weighted by atomic mass is 10.1. The van der Waals surface area contributed by atoms with Crippen molar-refractivity contribution in [3.8, 4) is 0 Å². The van der Waals surface area contributed by atoms with Crippen molar-refractivity contribution in [2.75, 3.05) is 10.6 Å². The first-order valence-electron chi connectivity index (χ1n) is 7.26. The number of hydrogen-bond acceptors (Lipinski definition) is 3. The van der Waals surface area contributed by atoms with Crippen molar-refractivity contribution in [1.82, 2.24) is 5.32 Å². The van der Waals surface area contributed by atoms with Gasteiger partial charge in [0.15, 0.2) is 0 Å². The minimum absolute atomic E-state index is 0.0452. The molecule has 0 aliphatic rings. The summed E-state index contributed by atoms with van der Waals surface area (Å²) in [5.41, 5.74) is 0.273. The molecule has 0 spiro atoms. The van der Waals surface area contributed by atoms with Crippen molar-refractivity contribution in [2.24, 2.45) is 0 Å². The Labute approximate surface area is 131 Å². The molecular weight excluding hydrogens is 307 g/mol. The quantitative estimate of drug-likeness (QED) is 0.834. The summed E-state index contributed by atoms with van der Waals surface area (Å²) in [7, 11) is -3.68. The fourth-order valence-electron chi connectivity index (χ4n) is 2.09. The second-order valence-corrected chi connectivity index (χ2v) is 7.14. The van der Waals surface area contributed by atoms with Gasteiger partial charge >= 0.3 is 0 Å². The minimum atomic E-state index is -3.68. The summed E-state index contributed by atoms with van der Waals surface area (Å²) in [6.45, 7) is 5.52. The molecule has 1 aromatic rings. The Kier molecular flexibility index (Phi) is 6.34. The summed E-state index contributed by atoms with van der Waals surface area (Å²) in [6, 6.07) is 4.15. The molecular formula is C15H23FN2O3S. The normalized spacial score (nSPS) is 14.2. The lowest BCUT2D eigenvalue weighted by molar-refractivity contribution is -0.122. The largest absolute Gasteiger partial charge is 0.352 e. The van der Waals surface area contributed by atoms with Crippen LogP contribution in [-0.4, -0.2) is 32.7 Å². The van der Waals surface area contributed by atoms with Crippen molar-refractivity contribution in [2.45, 2.75) is 45.7 Å². The van der Waals surface area contributed by atoms with Gasteiger partial charge in [0.1, 0.15) is 11.9 Å². The molecule has 124 valence electrons. The Morgan fingerprint density at radius 2 is 1.77 bits per heavy atom. The molecule has 1 N–H and O–H groups in total. The molecule has 0 bridgehead atoms. The van der Waals surface area contributed by atoms with Crippen LogP contribution in [0.3, 0.4) is 0 Å². The van der Waals surface area contributed by atoms with Crippen molar-refractivity contribution in [3.63, 3.8) is 0 Å². The van der Waals surface area contributed by atoms with E-state index in [4.69, 9.17) is 0 Å². The van der Waals surface area contributed by atoms with Crippen LogP contribution in [-0.2, 0) is 14.8 Å². The fraction of sp³-hybridized carbons (Fsp3) is 0.533. The highest BCUT2D eigenvalue weighted by atomic mass is 32.2. The molecule has 0 aliphatic heterocycles. The smallest absolute Gasteiger partial charge is 0.244 e. The first kappa shape index (κ1) is 18.4. The van der Waals surface area contributed by atoms with Crippen LogP contribution in [0.15, 0.2) is 24.3 Å². The van der Waals surface area contributed by atoms with Gasteiger partial charge in [-0.25, -0.2) is 12.8 Å². The zero-order chi connectivity index (χ0) is 16.9. The van der Waals surface area contributed by atoms with Gasteiger partial charge in [-0.15, -0.1) is 0 Å².